The predicted octanol–water partition coefficient (Wildman–Crippen LogP) is 1.93. The van der Waals surface area contributed by atoms with Gasteiger partial charge < -0.3 is 15.0 Å². The smallest absolute Gasteiger partial charge is 0.252 e. The van der Waals surface area contributed by atoms with Gasteiger partial charge in [0.2, 0.25) is 5.91 Å². The van der Waals surface area contributed by atoms with Crippen LogP contribution in [-0.4, -0.2) is 57.6 Å². The standard InChI is InChI=1S/C21H28N6O2/c1-15-19(16(2)27-21(25-15)23-14-24-27)8-9-20(28)22-13-17-6-5-7-18(12-17)29-11-10-26(3)4/h5-7,12,14H,8-11,13H2,1-4H3,(H,22,28). The van der Waals surface area contributed by atoms with Crippen molar-refractivity contribution >= 4 is 11.7 Å². The van der Waals surface area contributed by atoms with Crippen LogP contribution in [0.5, 0.6) is 5.75 Å². The SMILES string of the molecule is Cc1nc2ncnn2c(C)c1CCC(=O)NCc1cccc(OCCN(C)C)c1. The lowest BCUT2D eigenvalue weighted by atomic mass is 10.1. The van der Waals surface area contributed by atoms with Crippen molar-refractivity contribution in [1.82, 2.24) is 29.8 Å². The van der Waals surface area contributed by atoms with Gasteiger partial charge in [-0.15, -0.1) is 0 Å². The van der Waals surface area contributed by atoms with Gasteiger partial charge in [-0.3, -0.25) is 4.79 Å². The second-order valence-corrected chi connectivity index (χ2v) is 7.31. The lowest BCUT2D eigenvalue weighted by molar-refractivity contribution is -0.121. The lowest BCUT2D eigenvalue weighted by Crippen LogP contribution is -2.23. The number of nitrogens with zero attached hydrogens (tertiary/aromatic N) is 5. The quantitative estimate of drug-likeness (QED) is 0.595. The highest BCUT2D eigenvalue weighted by molar-refractivity contribution is 5.76. The van der Waals surface area contributed by atoms with E-state index in [4.69, 9.17) is 4.74 Å². The molecule has 0 unspecified atom stereocenters. The van der Waals surface area contributed by atoms with E-state index in [0.29, 0.717) is 31.8 Å². The number of aryl methyl sites for hydroxylation is 2. The van der Waals surface area contributed by atoms with Crippen molar-refractivity contribution in [2.24, 2.45) is 0 Å². The Morgan fingerprint density at radius 2 is 2.10 bits per heavy atom. The van der Waals surface area contributed by atoms with Crippen LogP contribution in [-0.2, 0) is 17.8 Å². The van der Waals surface area contributed by atoms with Crippen LogP contribution in [0.2, 0.25) is 0 Å². The molecule has 29 heavy (non-hydrogen) atoms. The number of rotatable bonds is 9. The van der Waals surface area contributed by atoms with Gasteiger partial charge in [-0.05, 0) is 57.6 Å². The molecule has 0 aliphatic carbocycles. The summed E-state index contributed by atoms with van der Waals surface area (Å²) in [6.07, 6.45) is 2.49. The Hall–Kier alpha value is -3.00. The van der Waals surface area contributed by atoms with Crippen molar-refractivity contribution in [1.29, 1.82) is 0 Å². The molecular formula is C21H28N6O2. The van der Waals surface area contributed by atoms with Gasteiger partial charge in [-0.2, -0.15) is 10.1 Å². The minimum Gasteiger partial charge on any atom is -0.492 e. The number of aromatic nitrogens is 4. The van der Waals surface area contributed by atoms with E-state index in [1.54, 1.807) is 4.52 Å². The number of hydrogen-bond donors (Lipinski definition) is 1. The first kappa shape index (κ1) is 20.7. The molecule has 0 spiro atoms. The molecule has 8 heteroatoms. The fourth-order valence-corrected chi connectivity index (χ4v) is 3.14. The van der Waals surface area contributed by atoms with Crippen molar-refractivity contribution in [2.45, 2.75) is 33.2 Å². The van der Waals surface area contributed by atoms with Crippen LogP contribution >= 0.6 is 0 Å². The Kier molecular flexibility index (Phi) is 6.77. The Labute approximate surface area is 170 Å². The molecule has 0 bridgehead atoms. The highest BCUT2D eigenvalue weighted by Gasteiger charge is 2.12. The lowest BCUT2D eigenvalue weighted by Gasteiger charge is -2.12. The van der Waals surface area contributed by atoms with E-state index in [1.165, 1.54) is 6.33 Å². The third kappa shape index (κ3) is 5.51. The number of carbonyl (C=O) groups is 1. The van der Waals surface area contributed by atoms with Gasteiger partial charge in [0, 0.05) is 30.9 Å². The van der Waals surface area contributed by atoms with Gasteiger partial charge in [0.1, 0.15) is 18.7 Å². The molecule has 154 valence electrons. The fourth-order valence-electron chi connectivity index (χ4n) is 3.14. The number of carbonyl (C=O) groups excluding carboxylic acids is 1. The fraction of sp³-hybridized carbons (Fsp3) is 0.429. The third-order valence-electron chi connectivity index (χ3n) is 4.79. The first-order valence-electron chi connectivity index (χ1n) is 9.73. The Morgan fingerprint density at radius 3 is 2.90 bits per heavy atom. The summed E-state index contributed by atoms with van der Waals surface area (Å²) >= 11 is 0. The van der Waals surface area contributed by atoms with Crippen molar-refractivity contribution in [3.05, 3.63) is 53.1 Å². The summed E-state index contributed by atoms with van der Waals surface area (Å²) in [5.74, 6) is 1.40. The van der Waals surface area contributed by atoms with Crippen molar-refractivity contribution in [3.8, 4) is 5.75 Å². The number of hydrogen-bond acceptors (Lipinski definition) is 6. The van der Waals surface area contributed by atoms with E-state index in [-0.39, 0.29) is 5.91 Å². The first-order chi connectivity index (χ1) is 13.9. The number of ether oxygens (including phenoxy) is 1. The molecule has 3 aromatic rings. The van der Waals surface area contributed by atoms with Crippen LogP contribution in [0.1, 0.15) is 28.9 Å². The summed E-state index contributed by atoms with van der Waals surface area (Å²) in [5.41, 5.74) is 3.91. The van der Waals surface area contributed by atoms with E-state index in [2.05, 4.69) is 25.3 Å². The van der Waals surface area contributed by atoms with Crippen LogP contribution in [0.3, 0.4) is 0 Å². The van der Waals surface area contributed by atoms with E-state index in [1.807, 2.05) is 52.2 Å². The zero-order valence-corrected chi connectivity index (χ0v) is 17.5. The van der Waals surface area contributed by atoms with Gasteiger partial charge in [0.25, 0.3) is 5.78 Å². The predicted molar refractivity (Wildman–Crippen MR) is 111 cm³/mol. The molecule has 0 radical (unpaired) electrons. The molecule has 0 aliphatic rings. The van der Waals surface area contributed by atoms with Crippen molar-refractivity contribution in [2.75, 3.05) is 27.2 Å². The van der Waals surface area contributed by atoms with Crippen molar-refractivity contribution < 1.29 is 9.53 Å². The summed E-state index contributed by atoms with van der Waals surface area (Å²) in [6.45, 7) is 5.88. The van der Waals surface area contributed by atoms with Crippen LogP contribution in [0.25, 0.3) is 5.78 Å². The topological polar surface area (TPSA) is 84.6 Å². The second-order valence-electron chi connectivity index (χ2n) is 7.31. The van der Waals surface area contributed by atoms with Crippen LogP contribution < -0.4 is 10.1 Å². The average molecular weight is 396 g/mol. The first-order valence-corrected chi connectivity index (χ1v) is 9.73. The minimum atomic E-state index is 0.00131. The second kappa shape index (κ2) is 9.47. The van der Waals surface area contributed by atoms with E-state index < -0.39 is 0 Å². The van der Waals surface area contributed by atoms with Crippen LogP contribution in [0, 0.1) is 13.8 Å². The average Bonchev–Trinajstić information content (AvgIpc) is 3.15. The normalized spacial score (nSPS) is 11.2. The molecule has 0 saturated carbocycles. The molecule has 3 rings (SSSR count). The molecule has 0 aliphatic heterocycles. The number of likely N-dealkylation sites (N-methyl/N-ethyl adjacent to an activating group) is 1. The summed E-state index contributed by atoms with van der Waals surface area (Å²) < 4.78 is 7.46. The number of amides is 1. The van der Waals surface area contributed by atoms with E-state index in [0.717, 1.165) is 34.8 Å². The highest BCUT2D eigenvalue weighted by atomic mass is 16.5. The molecule has 0 atom stereocenters. The largest absolute Gasteiger partial charge is 0.492 e. The number of nitrogens with one attached hydrogen (secondary N) is 1. The van der Waals surface area contributed by atoms with Gasteiger partial charge in [0.15, 0.2) is 0 Å². The minimum absolute atomic E-state index is 0.00131. The van der Waals surface area contributed by atoms with E-state index >= 15 is 0 Å². The monoisotopic (exact) mass is 396 g/mol. The molecule has 1 N–H and O–H groups in total. The van der Waals surface area contributed by atoms with Gasteiger partial charge in [-0.1, -0.05) is 12.1 Å². The molecule has 0 fully saturated rings. The molecule has 0 saturated heterocycles. The Morgan fingerprint density at radius 1 is 1.28 bits per heavy atom. The van der Waals surface area contributed by atoms with Crippen molar-refractivity contribution in [3.63, 3.8) is 0 Å². The Balaban J connectivity index is 1.52. The third-order valence-corrected chi connectivity index (χ3v) is 4.79. The number of fused-ring (bicyclic) bond motifs is 1. The Bertz CT molecular complexity index is 982. The molecule has 8 nitrogen and oxygen atoms in total. The maximum absolute atomic E-state index is 12.4. The molecule has 2 heterocycles. The summed E-state index contributed by atoms with van der Waals surface area (Å²) in [6, 6.07) is 7.82. The summed E-state index contributed by atoms with van der Waals surface area (Å²) in [5, 5.41) is 7.17. The van der Waals surface area contributed by atoms with E-state index in [9.17, 15) is 4.79 Å². The van der Waals surface area contributed by atoms with Crippen LogP contribution in [0.15, 0.2) is 30.6 Å². The number of benzene rings is 1. The van der Waals surface area contributed by atoms with Crippen LogP contribution in [0.4, 0.5) is 0 Å². The summed E-state index contributed by atoms with van der Waals surface area (Å²) in [4.78, 5) is 23.0. The van der Waals surface area contributed by atoms with Gasteiger partial charge in [-0.25, -0.2) is 9.50 Å². The zero-order chi connectivity index (χ0) is 20.8. The molecule has 1 amide bonds. The van der Waals surface area contributed by atoms with Gasteiger partial charge in [0.05, 0.1) is 0 Å². The zero-order valence-electron chi connectivity index (χ0n) is 17.5. The summed E-state index contributed by atoms with van der Waals surface area (Å²) in [7, 11) is 4.02. The van der Waals surface area contributed by atoms with Gasteiger partial charge >= 0.3 is 0 Å². The molecule has 2 aromatic heterocycles. The highest BCUT2D eigenvalue weighted by Crippen LogP contribution is 2.16. The maximum Gasteiger partial charge on any atom is 0.252 e. The molecular weight excluding hydrogens is 368 g/mol. The maximum atomic E-state index is 12.4. The molecule has 1 aromatic carbocycles.